The van der Waals surface area contributed by atoms with Crippen molar-refractivity contribution in [2.24, 2.45) is 0 Å². The molecule has 0 bridgehead atoms. The van der Waals surface area contributed by atoms with Gasteiger partial charge in [0.2, 0.25) is 0 Å². The lowest BCUT2D eigenvalue weighted by Crippen LogP contribution is -2.15. The van der Waals surface area contributed by atoms with E-state index in [0.29, 0.717) is 18.2 Å². The largest absolute Gasteiger partial charge is 0.507 e. The Balaban J connectivity index is 3.11. The lowest BCUT2D eigenvalue weighted by atomic mass is 10.1. The zero-order valence-electron chi connectivity index (χ0n) is 10.7. The number of carbonyl (C=O) groups is 2. The first-order valence-electron chi connectivity index (χ1n) is 5.65. The van der Waals surface area contributed by atoms with Gasteiger partial charge in [-0.1, -0.05) is 0 Å². The summed E-state index contributed by atoms with van der Waals surface area (Å²) in [5.41, 5.74) is -2.05. The maximum Gasteiger partial charge on any atom is 0.419 e. The molecule has 1 rings (SSSR count). The Morgan fingerprint density at radius 1 is 1.33 bits per heavy atom. The average molecular weight is 306 g/mol. The third-order valence-electron chi connectivity index (χ3n) is 2.31. The van der Waals surface area contributed by atoms with Crippen LogP contribution in [0.4, 0.5) is 17.6 Å². The van der Waals surface area contributed by atoms with E-state index in [1.54, 1.807) is 0 Å². The Morgan fingerprint density at radius 3 is 2.48 bits per heavy atom. The fraction of sp³-hybridized carbons (Fsp3) is 0.231. The Hall–Kier alpha value is -2.38. The third kappa shape index (κ3) is 4.30. The van der Waals surface area contributed by atoms with E-state index < -0.39 is 40.6 Å². The maximum atomic E-state index is 13.1. The highest BCUT2D eigenvalue weighted by Crippen LogP contribution is 2.32. The summed E-state index contributed by atoms with van der Waals surface area (Å²) in [6, 6.07) is 1.67. The Kier molecular flexibility index (Phi) is 5.07. The minimum Gasteiger partial charge on any atom is -0.507 e. The van der Waals surface area contributed by atoms with Crippen LogP contribution in [0.25, 0.3) is 5.76 Å². The molecular weight excluding hydrogens is 296 g/mol. The van der Waals surface area contributed by atoms with E-state index in [-0.39, 0.29) is 6.61 Å². The summed E-state index contributed by atoms with van der Waals surface area (Å²) in [6.45, 7) is 1.37. The molecule has 1 N–H and O–H groups in total. The van der Waals surface area contributed by atoms with Crippen LogP contribution in [0, 0.1) is 5.82 Å². The molecule has 0 aromatic heterocycles. The molecule has 0 aliphatic carbocycles. The number of hydrogen-bond donors (Lipinski definition) is 1. The molecule has 0 radical (unpaired) electrons. The van der Waals surface area contributed by atoms with Gasteiger partial charge in [-0.2, -0.15) is 13.2 Å². The van der Waals surface area contributed by atoms with Crippen LogP contribution in [-0.2, 0) is 20.5 Å². The van der Waals surface area contributed by atoms with Crippen molar-refractivity contribution in [3.05, 3.63) is 41.2 Å². The molecule has 8 heteroatoms. The van der Waals surface area contributed by atoms with Crippen molar-refractivity contribution in [3.8, 4) is 0 Å². The zero-order valence-corrected chi connectivity index (χ0v) is 10.7. The molecule has 4 nitrogen and oxygen atoms in total. The first-order chi connectivity index (χ1) is 9.66. The summed E-state index contributed by atoms with van der Waals surface area (Å²) < 4.78 is 54.9. The van der Waals surface area contributed by atoms with E-state index in [1.807, 2.05) is 0 Å². The number of esters is 1. The molecule has 0 aliphatic rings. The van der Waals surface area contributed by atoms with Crippen LogP contribution in [0.15, 0.2) is 24.3 Å². The van der Waals surface area contributed by atoms with E-state index >= 15 is 0 Å². The van der Waals surface area contributed by atoms with Crippen molar-refractivity contribution >= 4 is 17.5 Å². The number of ketones is 1. The smallest absolute Gasteiger partial charge is 0.419 e. The first kappa shape index (κ1) is 16.7. The quantitative estimate of drug-likeness (QED) is 0.305. The van der Waals surface area contributed by atoms with Crippen molar-refractivity contribution < 1.29 is 37.0 Å². The predicted octanol–water partition coefficient (Wildman–Crippen LogP) is 2.88. The lowest BCUT2D eigenvalue weighted by molar-refractivity contribution is -0.151. The minimum atomic E-state index is -4.95. The summed E-state index contributed by atoms with van der Waals surface area (Å²) in [7, 11) is 0. The summed E-state index contributed by atoms with van der Waals surface area (Å²) >= 11 is 0. The molecule has 0 saturated carbocycles. The fourth-order valence-electron chi connectivity index (χ4n) is 1.37. The molecule has 0 fully saturated rings. The molecule has 0 heterocycles. The standard InChI is InChI=1S/C13H10F4O4/c1-2-21-12(20)11(19)6-10(18)7-3-4-9(14)8(5-7)13(15,16)17/h3-6,18H,2H2,1H3/b10-6+. The number of aliphatic hydroxyl groups excluding tert-OH is 1. The molecule has 0 unspecified atom stereocenters. The molecule has 1 aromatic rings. The zero-order chi connectivity index (χ0) is 16.2. The lowest BCUT2D eigenvalue weighted by Gasteiger charge is -2.09. The summed E-state index contributed by atoms with van der Waals surface area (Å²) in [6.07, 6.45) is -4.54. The van der Waals surface area contributed by atoms with Gasteiger partial charge in [-0.15, -0.1) is 0 Å². The first-order valence-corrected chi connectivity index (χ1v) is 5.65. The van der Waals surface area contributed by atoms with Crippen LogP contribution in [0.3, 0.4) is 0 Å². The van der Waals surface area contributed by atoms with Crippen molar-refractivity contribution in [1.29, 1.82) is 0 Å². The number of hydrogen-bond acceptors (Lipinski definition) is 4. The third-order valence-corrected chi connectivity index (χ3v) is 2.31. The van der Waals surface area contributed by atoms with Gasteiger partial charge in [0.1, 0.15) is 11.6 Å². The van der Waals surface area contributed by atoms with Crippen molar-refractivity contribution in [3.63, 3.8) is 0 Å². The van der Waals surface area contributed by atoms with Crippen molar-refractivity contribution in [2.45, 2.75) is 13.1 Å². The van der Waals surface area contributed by atoms with E-state index in [2.05, 4.69) is 4.74 Å². The number of alkyl halides is 3. The van der Waals surface area contributed by atoms with Gasteiger partial charge >= 0.3 is 12.1 Å². The van der Waals surface area contributed by atoms with Gasteiger partial charge in [-0.25, -0.2) is 9.18 Å². The van der Waals surface area contributed by atoms with Crippen LogP contribution >= 0.6 is 0 Å². The Bertz CT molecular complexity index is 590. The van der Waals surface area contributed by atoms with E-state index in [4.69, 9.17) is 0 Å². The van der Waals surface area contributed by atoms with Crippen LogP contribution in [0.2, 0.25) is 0 Å². The molecule has 0 aliphatic heterocycles. The molecule has 114 valence electrons. The van der Waals surface area contributed by atoms with Gasteiger partial charge in [0.05, 0.1) is 12.2 Å². The number of benzene rings is 1. The van der Waals surface area contributed by atoms with Gasteiger partial charge in [-0.05, 0) is 25.1 Å². The number of halogens is 4. The van der Waals surface area contributed by atoms with Gasteiger partial charge in [0.25, 0.3) is 5.78 Å². The van der Waals surface area contributed by atoms with Crippen LogP contribution in [-0.4, -0.2) is 23.5 Å². The molecule has 1 aromatic carbocycles. The van der Waals surface area contributed by atoms with E-state index in [9.17, 15) is 32.3 Å². The molecule has 0 atom stereocenters. The summed E-state index contributed by atoms with van der Waals surface area (Å²) in [5.74, 6) is -4.93. The minimum absolute atomic E-state index is 0.0755. The monoisotopic (exact) mass is 306 g/mol. The van der Waals surface area contributed by atoms with Crippen LogP contribution in [0.1, 0.15) is 18.1 Å². The number of aliphatic hydroxyl groups is 1. The normalized spacial score (nSPS) is 12.1. The fourth-order valence-corrected chi connectivity index (χ4v) is 1.37. The predicted molar refractivity (Wildman–Crippen MR) is 63.6 cm³/mol. The van der Waals surface area contributed by atoms with Gasteiger partial charge < -0.3 is 9.84 Å². The van der Waals surface area contributed by atoms with E-state index in [1.165, 1.54) is 6.92 Å². The Labute approximate surface area is 116 Å². The number of carbonyl (C=O) groups excluding carboxylic acids is 2. The van der Waals surface area contributed by atoms with Crippen molar-refractivity contribution in [2.75, 3.05) is 6.61 Å². The van der Waals surface area contributed by atoms with Gasteiger partial charge in [0.15, 0.2) is 0 Å². The van der Waals surface area contributed by atoms with E-state index in [0.717, 1.165) is 6.07 Å². The highest BCUT2D eigenvalue weighted by Gasteiger charge is 2.34. The molecule has 0 amide bonds. The second-order valence-corrected chi connectivity index (χ2v) is 3.81. The van der Waals surface area contributed by atoms with Crippen LogP contribution in [0.5, 0.6) is 0 Å². The highest BCUT2D eigenvalue weighted by atomic mass is 19.4. The Morgan fingerprint density at radius 2 is 1.95 bits per heavy atom. The molecule has 0 saturated heterocycles. The molecule has 0 spiro atoms. The summed E-state index contributed by atoms with van der Waals surface area (Å²) in [4.78, 5) is 22.3. The topological polar surface area (TPSA) is 63.6 Å². The molecule has 21 heavy (non-hydrogen) atoms. The maximum absolute atomic E-state index is 13.1. The van der Waals surface area contributed by atoms with Gasteiger partial charge in [0, 0.05) is 11.6 Å². The number of rotatable bonds is 4. The highest BCUT2D eigenvalue weighted by molar-refractivity contribution is 6.39. The van der Waals surface area contributed by atoms with Gasteiger partial charge in [-0.3, -0.25) is 4.79 Å². The second kappa shape index (κ2) is 6.38. The molecular formula is C13H10F4O4. The summed E-state index contributed by atoms with van der Waals surface area (Å²) in [5, 5.41) is 9.53. The van der Waals surface area contributed by atoms with Crippen molar-refractivity contribution in [1.82, 2.24) is 0 Å². The van der Waals surface area contributed by atoms with Crippen LogP contribution < -0.4 is 0 Å². The SMILES string of the molecule is CCOC(=O)C(=O)/C=C(/O)c1ccc(F)c(C(F)(F)F)c1. The second-order valence-electron chi connectivity index (χ2n) is 3.81. The number of ether oxygens (including phenoxy) is 1. The average Bonchev–Trinajstić information content (AvgIpc) is 2.37.